The summed E-state index contributed by atoms with van der Waals surface area (Å²) in [6.45, 7) is 1.78. The van der Waals surface area contributed by atoms with E-state index in [0.29, 0.717) is 5.69 Å². The molecule has 2 aromatic carbocycles. The molecule has 0 aliphatic heterocycles. The Bertz CT molecular complexity index is 877. The zero-order valence-corrected chi connectivity index (χ0v) is 14.3. The fourth-order valence-corrected chi connectivity index (χ4v) is 4.26. The number of amides is 1. The number of benzene rings is 2. The molecule has 0 spiro atoms. The fourth-order valence-electron chi connectivity index (χ4n) is 2.05. The molecule has 0 aliphatic rings. The Labute approximate surface area is 146 Å². The summed E-state index contributed by atoms with van der Waals surface area (Å²) in [5.74, 6) is -0.222. The molecule has 1 aromatic heterocycles. The van der Waals surface area contributed by atoms with E-state index < -0.39 is 4.92 Å². The summed E-state index contributed by atoms with van der Waals surface area (Å²) in [5.41, 5.74) is 1.27. The molecule has 0 radical (unpaired) electrons. The average Bonchev–Trinajstić information content (AvgIpc) is 2.97. The number of rotatable bonds is 5. The minimum Gasteiger partial charge on any atom is -0.325 e. The quantitative estimate of drug-likeness (QED) is 0.416. The van der Waals surface area contributed by atoms with E-state index >= 15 is 0 Å². The lowest BCUT2D eigenvalue weighted by molar-refractivity contribution is -0.384. The highest BCUT2D eigenvalue weighted by molar-refractivity contribution is 8.02. The van der Waals surface area contributed by atoms with Gasteiger partial charge in [0.2, 0.25) is 5.91 Å². The number of aromatic nitrogens is 1. The van der Waals surface area contributed by atoms with Gasteiger partial charge in [-0.25, -0.2) is 4.98 Å². The minimum atomic E-state index is -0.491. The molecule has 24 heavy (non-hydrogen) atoms. The van der Waals surface area contributed by atoms with Crippen LogP contribution in [0.15, 0.2) is 52.9 Å². The molecule has 1 amide bonds. The first-order valence-corrected chi connectivity index (χ1v) is 8.80. The maximum absolute atomic E-state index is 12.3. The number of para-hydroxylation sites is 1. The van der Waals surface area contributed by atoms with Crippen LogP contribution in [0.3, 0.4) is 0 Å². The number of nitro groups is 1. The number of anilines is 1. The first-order valence-electron chi connectivity index (χ1n) is 7.10. The Morgan fingerprint density at radius 3 is 2.83 bits per heavy atom. The van der Waals surface area contributed by atoms with E-state index in [9.17, 15) is 14.9 Å². The number of carbonyl (C=O) groups is 1. The van der Waals surface area contributed by atoms with Gasteiger partial charge in [0.15, 0.2) is 4.34 Å². The van der Waals surface area contributed by atoms with Gasteiger partial charge >= 0.3 is 0 Å². The molecule has 0 unspecified atom stereocenters. The molecule has 0 bridgehead atoms. The molecule has 6 nitrogen and oxygen atoms in total. The number of nitrogens with zero attached hydrogens (tertiary/aromatic N) is 2. The van der Waals surface area contributed by atoms with Crippen molar-refractivity contribution >= 4 is 50.6 Å². The standard InChI is InChI=1S/C16H13N3O3S2/c1-10(23-16-18-13-7-2-3-8-14(13)24-16)15(20)17-11-5-4-6-12(9-11)19(21)22/h2-10H,1H3,(H,17,20)/t10-/m0/s1. The third-order valence-corrected chi connectivity index (χ3v) is 5.48. The zero-order chi connectivity index (χ0) is 17.1. The van der Waals surface area contributed by atoms with Gasteiger partial charge in [-0.05, 0) is 25.1 Å². The fraction of sp³-hybridized carbons (Fsp3) is 0.125. The Balaban J connectivity index is 1.68. The molecular formula is C16H13N3O3S2. The second-order valence-electron chi connectivity index (χ2n) is 5.00. The number of nitrogens with one attached hydrogen (secondary N) is 1. The van der Waals surface area contributed by atoms with Gasteiger partial charge in [-0.3, -0.25) is 14.9 Å². The number of thiazole rings is 1. The topological polar surface area (TPSA) is 85.1 Å². The maximum Gasteiger partial charge on any atom is 0.271 e. The van der Waals surface area contributed by atoms with E-state index in [0.717, 1.165) is 14.6 Å². The van der Waals surface area contributed by atoms with Gasteiger partial charge in [0, 0.05) is 17.8 Å². The van der Waals surface area contributed by atoms with Gasteiger partial charge in [0.25, 0.3) is 5.69 Å². The molecule has 0 aliphatic carbocycles. The van der Waals surface area contributed by atoms with Crippen molar-refractivity contribution in [1.29, 1.82) is 0 Å². The van der Waals surface area contributed by atoms with Crippen LogP contribution < -0.4 is 5.32 Å². The lowest BCUT2D eigenvalue weighted by Gasteiger charge is -2.10. The highest BCUT2D eigenvalue weighted by Crippen LogP contribution is 2.32. The van der Waals surface area contributed by atoms with Crippen LogP contribution in [0.4, 0.5) is 11.4 Å². The van der Waals surface area contributed by atoms with Crippen LogP contribution in [0, 0.1) is 10.1 Å². The predicted octanol–water partition coefficient (Wildman–Crippen LogP) is 4.32. The van der Waals surface area contributed by atoms with Crippen LogP contribution >= 0.6 is 23.1 Å². The van der Waals surface area contributed by atoms with Gasteiger partial charge in [-0.15, -0.1) is 11.3 Å². The van der Waals surface area contributed by atoms with Crippen LogP contribution in [0.2, 0.25) is 0 Å². The van der Waals surface area contributed by atoms with E-state index in [-0.39, 0.29) is 16.8 Å². The van der Waals surface area contributed by atoms with Crippen molar-refractivity contribution < 1.29 is 9.72 Å². The van der Waals surface area contributed by atoms with Crippen molar-refractivity contribution in [2.24, 2.45) is 0 Å². The second-order valence-corrected chi connectivity index (χ2v) is 7.62. The Morgan fingerprint density at radius 1 is 1.29 bits per heavy atom. The van der Waals surface area contributed by atoms with Crippen molar-refractivity contribution in [3.8, 4) is 0 Å². The molecule has 0 saturated carbocycles. The molecule has 1 atom stereocenters. The van der Waals surface area contributed by atoms with E-state index in [2.05, 4.69) is 10.3 Å². The molecular weight excluding hydrogens is 346 g/mol. The lowest BCUT2D eigenvalue weighted by Crippen LogP contribution is -2.22. The summed E-state index contributed by atoms with van der Waals surface area (Å²) in [7, 11) is 0. The van der Waals surface area contributed by atoms with Crippen molar-refractivity contribution in [2.45, 2.75) is 16.5 Å². The number of hydrogen-bond acceptors (Lipinski definition) is 6. The highest BCUT2D eigenvalue weighted by Gasteiger charge is 2.18. The third-order valence-electron chi connectivity index (χ3n) is 3.25. The summed E-state index contributed by atoms with van der Waals surface area (Å²) in [6, 6.07) is 13.7. The van der Waals surface area contributed by atoms with Crippen molar-refractivity contribution in [1.82, 2.24) is 4.98 Å². The second kappa shape index (κ2) is 6.98. The van der Waals surface area contributed by atoms with Gasteiger partial charge in [-0.2, -0.15) is 0 Å². The van der Waals surface area contributed by atoms with Gasteiger partial charge < -0.3 is 5.32 Å². The Morgan fingerprint density at radius 2 is 2.08 bits per heavy atom. The number of carbonyl (C=O) groups excluding carboxylic acids is 1. The predicted molar refractivity (Wildman–Crippen MR) is 96.7 cm³/mol. The highest BCUT2D eigenvalue weighted by atomic mass is 32.2. The van der Waals surface area contributed by atoms with Gasteiger partial charge in [-0.1, -0.05) is 30.0 Å². The van der Waals surface area contributed by atoms with Gasteiger partial charge in [0.05, 0.1) is 20.4 Å². The van der Waals surface area contributed by atoms with E-state index in [1.807, 2.05) is 24.3 Å². The van der Waals surface area contributed by atoms with E-state index in [4.69, 9.17) is 0 Å². The number of nitro benzene ring substituents is 1. The smallest absolute Gasteiger partial charge is 0.271 e. The summed E-state index contributed by atoms with van der Waals surface area (Å²) in [6.07, 6.45) is 0. The number of thioether (sulfide) groups is 1. The first-order chi connectivity index (χ1) is 11.5. The van der Waals surface area contributed by atoms with Crippen LogP contribution in [0.5, 0.6) is 0 Å². The normalized spacial score (nSPS) is 12.0. The Kier molecular flexibility index (Phi) is 4.77. The zero-order valence-electron chi connectivity index (χ0n) is 12.6. The minimum absolute atomic E-state index is 0.0562. The van der Waals surface area contributed by atoms with Crippen LogP contribution in [-0.4, -0.2) is 21.1 Å². The number of non-ortho nitro benzene ring substituents is 1. The summed E-state index contributed by atoms with van der Waals surface area (Å²) in [4.78, 5) is 27.1. The van der Waals surface area contributed by atoms with Crippen LogP contribution in [-0.2, 0) is 4.79 Å². The summed E-state index contributed by atoms with van der Waals surface area (Å²) in [5, 5.41) is 13.1. The van der Waals surface area contributed by atoms with Crippen LogP contribution in [0.1, 0.15) is 6.92 Å². The molecule has 8 heteroatoms. The first kappa shape index (κ1) is 16.4. The monoisotopic (exact) mass is 359 g/mol. The van der Waals surface area contributed by atoms with E-state index in [1.165, 1.54) is 35.2 Å². The average molecular weight is 359 g/mol. The third kappa shape index (κ3) is 3.72. The van der Waals surface area contributed by atoms with Crippen molar-refractivity contribution in [3.63, 3.8) is 0 Å². The van der Waals surface area contributed by atoms with Crippen molar-refractivity contribution in [2.75, 3.05) is 5.32 Å². The SMILES string of the molecule is C[C@H](Sc1nc2ccccc2s1)C(=O)Nc1cccc([N+](=O)[O-])c1. The van der Waals surface area contributed by atoms with Crippen LogP contribution in [0.25, 0.3) is 10.2 Å². The van der Waals surface area contributed by atoms with E-state index in [1.54, 1.807) is 19.1 Å². The van der Waals surface area contributed by atoms with Crippen molar-refractivity contribution in [3.05, 3.63) is 58.6 Å². The number of hydrogen-bond donors (Lipinski definition) is 1. The van der Waals surface area contributed by atoms with Gasteiger partial charge in [0.1, 0.15) is 0 Å². The molecule has 1 N–H and O–H groups in total. The molecule has 3 aromatic rings. The molecule has 0 saturated heterocycles. The maximum atomic E-state index is 12.3. The summed E-state index contributed by atoms with van der Waals surface area (Å²) < 4.78 is 1.89. The molecule has 3 rings (SSSR count). The summed E-state index contributed by atoms with van der Waals surface area (Å²) >= 11 is 2.91. The lowest BCUT2D eigenvalue weighted by atomic mass is 10.2. The molecule has 0 fully saturated rings. The largest absolute Gasteiger partial charge is 0.325 e. The molecule has 122 valence electrons. The number of fused-ring (bicyclic) bond motifs is 1. The Hall–Kier alpha value is -2.45. The molecule has 1 heterocycles.